The lowest BCUT2D eigenvalue weighted by Gasteiger charge is -2.22. The Morgan fingerprint density at radius 2 is 1.95 bits per heavy atom. The molecule has 0 aliphatic carbocycles. The molecule has 0 saturated carbocycles. The molecule has 4 nitrogen and oxygen atoms in total. The number of H-pyrrole nitrogens is 1. The third kappa shape index (κ3) is 4.88. The maximum absolute atomic E-state index is 12.1. The zero-order valence-electron chi connectivity index (χ0n) is 13.1. The summed E-state index contributed by atoms with van der Waals surface area (Å²) in [6.07, 6.45) is 1.79. The van der Waals surface area contributed by atoms with Crippen molar-refractivity contribution in [2.45, 2.75) is 43.6 Å². The molecule has 1 unspecified atom stereocenters. The molecule has 2 rings (SSSR count). The topological polar surface area (TPSA) is 57.8 Å². The fourth-order valence-electron chi connectivity index (χ4n) is 1.83. The predicted molar refractivity (Wildman–Crippen MR) is 94.9 cm³/mol. The van der Waals surface area contributed by atoms with E-state index < -0.39 is 0 Å². The van der Waals surface area contributed by atoms with Crippen LogP contribution in [0.3, 0.4) is 0 Å². The van der Waals surface area contributed by atoms with Crippen molar-refractivity contribution in [1.82, 2.24) is 15.3 Å². The van der Waals surface area contributed by atoms with E-state index in [4.69, 9.17) is 0 Å². The number of aromatic amines is 1. The van der Waals surface area contributed by atoms with Gasteiger partial charge in [-0.1, -0.05) is 39.8 Å². The molecular formula is C16H20BrN3OS. The molecule has 1 heterocycles. The number of carbonyl (C=O) groups is 1. The summed E-state index contributed by atoms with van der Waals surface area (Å²) in [4.78, 5) is 19.7. The van der Waals surface area contributed by atoms with Gasteiger partial charge in [0.15, 0.2) is 5.16 Å². The lowest BCUT2D eigenvalue weighted by molar-refractivity contribution is -0.121. The second-order valence-electron chi connectivity index (χ2n) is 6.11. The van der Waals surface area contributed by atoms with Crippen LogP contribution < -0.4 is 5.32 Å². The van der Waals surface area contributed by atoms with Crippen molar-refractivity contribution in [3.05, 3.63) is 34.9 Å². The fourth-order valence-corrected chi connectivity index (χ4v) is 2.88. The molecule has 2 N–H and O–H groups in total. The van der Waals surface area contributed by atoms with Crippen molar-refractivity contribution < 1.29 is 4.79 Å². The van der Waals surface area contributed by atoms with Gasteiger partial charge in [0.05, 0.1) is 17.1 Å². The molecule has 1 atom stereocenters. The number of rotatable bonds is 4. The number of hydrogen-bond acceptors (Lipinski definition) is 3. The molecular weight excluding hydrogens is 362 g/mol. The molecule has 1 aromatic carbocycles. The van der Waals surface area contributed by atoms with Crippen LogP contribution >= 0.6 is 27.7 Å². The average Bonchev–Trinajstić information content (AvgIpc) is 2.86. The summed E-state index contributed by atoms with van der Waals surface area (Å²) in [6.45, 7) is 7.80. The highest BCUT2D eigenvalue weighted by molar-refractivity contribution is 9.10. The Kier molecular flexibility index (Phi) is 5.34. The van der Waals surface area contributed by atoms with Crippen molar-refractivity contribution in [3.63, 3.8) is 0 Å². The van der Waals surface area contributed by atoms with Crippen molar-refractivity contribution in [3.8, 4) is 11.3 Å². The van der Waals surface area contributed by atoms with E-state index >= 15 is 0 Å². The van der Waals surface area contributed by atoms with Gasteiger partial charge in [0.25, 0.3) is 0 Å². The van der Waals surface area contributed by atoms with Gasteiger partial charge in [-0.25, -0.2) is 4.98 Å². The number of nitrogens with one attached hydrogen (secondary N) is 2. The fraction of sp³-hybridized carbons (Fsp3) is 0.375. The molecule has 0 fully saturated rings. The number of imidazole rings is 1. The molecule has 0 aliphatic rings. The van der Waals surface area contributed by atoms with Gasteiger partial charge in [-0.15, -0.1) is 0 Å². The number of benzene rings is 1. The summed E-state index contributed by atoms with van der Waals surface area (Å²) >= 11 is 4.84. The largest absolute Gasteiger partial charge is 0.351 e. The van der Waals surface area contributed by atoms with Gasteiger partial charge in [-0.2, -0.15) is 0 Å². The van der Waals surface area contributed by atoms with E-state index in [2.05, 4.69) is 31.2 Å². The second kappa shape index (κ2) is 6.87. The van der Waals surface area contributed by atoms with Gasteiger partial charge < -0.3 is 10.3 Å². The Labute approximate surface area is 143 Å². The second-order valence-corrected chi connectivity index (χ2v) is 8.35. The maximum Gasteiger partial charge on any atom is 0.233 e. The minimum Gasteiger partial charge on any atom is -0.351 e. The van der Waals surface area contributed by atoms with Gasteiger partial charge in [0.2, 0.25) is 5.91 Å². The summed E-state index contributed by atoms with van der Waals surface area (Å²) in [7, 11) is 0. The number of hydrogen-bond donors (Lipinski definition) is 2. The summed E-state index contributed by atoms with van der Waals surface area (Å²) in [5.74, 6) is 0.0130. The van der Waals surface area contributed by atoms with Crippen LogP contribution in [0.4, 0.5) is 0 Å². The van der Waals surface area contributed by atoms with Crippen LogP contribution in [0, 0.1) is 0 Å². The number of thioether (sulfide) groups is 1. The van der Waals surface area contributed by atoms with Crippen LogP contribution in [0.25, 0.3) is 11.3 Å². The molecule has 6 heteroatoms. The van der Waals surface area contributed by atoms with E-state index in [0.29, 0.717) is 0 Å². The van der Waals surface area contributed by atoms with Crippen molar-refractivity contribution in [2.24, 2.45) is 0 Å². The van der Waals surface area contributed by atoms with Gasteiger partial charge in [0, 0.05) is 10.0 Å². The predicted octanol–water partition coefficient (Wildman–Crippen LogP) is 4.23. The first kappa shape index (κ1) is 17.1. The van der Waals surface area contributed by atoms with Gasteiger partial charge in [0.1, 0.15) is 0 Å². The summed E-state index contributed by atoms with van der Waals surface area (Å²) < 4.78 is 1.04. The molecule has 22 heavy (non-hydrogen) atoms. The minimum absolute atomic E-state index is 0.0130. The van der Waals surface area contributed by atoms with E-state index in [0.717, 1.165) is 20.9 Å². The van der Waals surface area contributed by atoms with E-state index in [1.54, 1.807) is 6.20 Å². The molecule has 118 valence electrons. The van der Waals surface area contributed by atoms with Gasteiger partial charge in [-0.3, -0.25) is 4.79 Å². The number of carbonyl (C=O) groups excluding carboxylic acids is 1. The SMILES string of the molecule is CC(Sc1ncc(-c2ccc(Br)cc2)[nH]1)C(=O)NC(C)(C)C. The normalized spacial score (nSPS) is 13.0. The highest BCUT2D eigenvalue weighted by atomic mass is 79.9. The van der Waals surface area contributed by atoms with Gasteiger partial charge in [-0.05, 0) is 45.4 Å². The number of amides is 1. The monoisotopic (exact) mass is 381 g/mol. The Hall–Kier alpha value is -1.27. The van der Waals surface area contributed by atoms with Gasteiger partial charge >= 0.3 is 0 Å². The quantitative estimate of drug-likeness (QED) is 0.778. The zero-order chi connectivity index (χ0) is 16.3. The Balaban J connectivity index is 2.03. The van der Waals surface area contributed by atoms with Crippen molar-refractivity contribution in [1.29, 1.82) is 0 Å². The number of nitrogens with zero attached hydrogens (tertiary/aromatic N) is 1. The first-order valence-electron chi connectivity index (χ1n) is 7.04. The zero-order valence-corrected chi connectivity index (χ0v) is 15.5. The molecule has 1 amide bonds. The van der Waals surface area contributed by atoms with E-state index in [1.165, 1.54) is 11.8 Å². The van der Waals surface area contributed by atoms with Crippen molar-refractivity contribution >= 4 is 33.6 Å². The van der Waals surface area contributed by atoms with E-state index in [9.17, 15) is 4.79 Å². The Morgan fingerprint density at radius 1 is 1.32 bits per heavy atom. The van der Waals surface area contributed by atoms with Crippen LogP contribution in [-0.2, 0) is 4.79 Å². The van der Waals surface area contributed by atoms with Crippen molar-refractivity contribution in [2.75, 3.05) is 0 Å². The van der Waals surface area contributed by atoms with Crippen LogP contribution in [-0.4, -0.2) is 26.7 Å². The molecule has 0 saturated heterocycles. The van der Waals surface area contributed by atoms with Crippen LogP contribution in [0.2, 0.25) is 0 Å². The van der Waals surface area contributed by atoms with Crippen LogP contribution in [0.15, 0.2) is 40.1 Å². The Bertz CT molecular complexity index is 646. The summed E-state index contributed by atoms with van der Waals surface area (Å²) in [5, 5.41) is 3.52. The molecule has 2 aromatic rings. The molecule has 0 bridgehead atoms. The van der Waals surface area contributed by atoms with E-state index in [1.807, 2.05) is 52.0 Å². The maximum atomic E-state index is 12.1. The van der Waals surface area contributed by atoms with Crippen LogP contribution in [0.1, 0.15) is 27.7 Å². The third-order valence-corrected chi connectivity index (χ3v) is 4.39. The average molecular weight is 382 g/mol. The molecule has 0 aliphatic heterocycles. The highest BCUT2D eigenvalue weighted by Crippen LogP contribution is 2.25. The summed E-state index contributed by atoms with van der Waals surface area (Å²) in [5.41, 5.74) is 1.78. The molecule has 1 aromatic heterocycles. The first-order valence-corrected chi connectivity index (χ1v) is 8.71. The smallest absolute Gasteiger partial charge is 0.233 e. The lowest BCUT2D eigenvalue weighted by Crippen LogP contribution is -2.44. The van der Waals surface area contributed by atoms with E-state index in [-0.39, 0.29) is 16.7 Å². The first-order chi connectivity index (χ1) is 10.2. The lowest BCUT2D eigenvalue weighted by atomic mass is 10.1. The standard InChI is InChI=1S/C16H20BrN3OS/c1-10(14(21)20-16(2,3)4)22-15-18-9-13(19-15)11-5-7-12(17)8-6-11/h5-10H,1-4H3,(H,18,19)(H,20,21). The highest BCUT2D eigenvalue weighted by Gasteiger charge is 2.21. The Morgan fingerprint density at radius 3 is 2.55 bits per heavy atom. The molecule has 0 radical (unpaired) electrons. The third-order valence-electron chi connectivity index (χ3n) is 2.86. The number of aromatic nitrogens is 2. The number of halogens is 1. The molecule has 0 spiro atoms. The van der Waals surface area contributed by atoms with Crippen LogP contribution in [0.5, 0.6) is 0 Å². The summed E-state index contributed by atoms with van der Waals surface area (Å²) in [6, 6.07) is 8.01. The minimum atomic E-state index is -0.225.